The summed E-state index contributed by atoms with van der Waals surface area (Å²) in [5, 5.41) is 1.45. The Bertz CT molecular complexity index is 789. The zero-order valence-electron chi connectivity index (χ0n) is 13.6. The second-order valence-electron chi connectivity index (χ2n) is 6.61. The predicted octanol–water partition coefficient (Wildman–Crippen LogP) is 2.43. The number of benzene rings is 2. The lowest BCUT2D eigenvalue weighted by atomic mass is 9.89. The molecule has 0 fully saturated rings. The van der Waals surface area contributed by atoms with E-state index in [-0.39, 0.29) is 17.2 Å². The number of methoxy groups -OCH3 is 1. The molecule has 1 heterocycles. The Hall–Kier alpha value is -2.40. The van der Waals surface area contributed by atoms with Crippen LogP contribution in [0.1, 0.15) is 34.6 Å². The second-order valence-corrected chi connectivity index (χ2v) is 6.61. The van der Waals surface area contributed by atoms with E-state index >= 15 is 0 Å². The monoisotopic (exact) mass is 312 g/mol. The van der Waals surface area contributed by atoms with Crippen LogP contribution in [0.15, 0.2) is 30.3 Å². The van der Waals surface area contributed by atoms with Gasteiger partial charge in [0, 0.05) is 28.4 Å². The number of carbonyl (C=O) groups excluding carboxylic acids is 2. The van der Waals surface area contributed by atoms with E-state index in [4.69, 9.17) is 10.5 Å². The van der Waals surface area contributed by atoms with Gasteiger partial charge in [-0.1, -0.05) is 26.0 Å². The van der Waals surface area contributed by atoms with Crippen LogP contribution in [0.25, 0.3) is 10.8 Å². The Balaban J connectivity index is 2.19. The number of rotatable bonds is 4. The number of carbonyl (C=O) groups is 2. The third-order valence-corrected chi connectivity index (χ3v) is 4.31. The van der Waals surface area contributed by atoms with Crippen LogP contribution in [0.5, 0.6) is 5.75 Å². The smallest absolute Gasteiger partial charge is 0.261 e. The summed E-state index contributed by atoms with van der Waals surface area (Å²) in [5.41, 5.74) is 6.49. The minimum atomic E-state index is -0.330. The first-order valence-corrected chi connectivity index (χ1v) is 7.55. The molecule has 120 valence electrons. The molecule has 0 saturated heterocycles. The Morgan fingerprint density at radius 2 is 1.74 bits per heavy atom. The van der Waals surface area contributed by atoms with Crippen molar-refractivity contribution in [1.82, 2.24) is 4.90 Å². The van der Waals surface area contributed by atoms with Crippen LogP contribution >= 0.6 is 0 Å². The van der Waals surface area contributed by atoms with Crippen LogP contribution < -0.4 is 10.5 Å². The van der Waals surface area contributed by atoms with Crippen molar-refractivity contribution in [2.75, 3.05) is 20.2 Å². The van der Waals surface area contributed by atoms with Crippen LogP contribution in [-0.4, -0.2) is 36.9 Å². The normalized spacial score (nSPS) is 14.5. The highest BCUT2D eigenvalue weighted by molar-refractivity contribution is 6.26. The molecule has 0 atom stereocenters. The molecule has 5 nitrogen and oxygen atoms in total. The van der Waals surface area contributed by atoms with Crippen molar-refractivity contribution in [3.63, 3.8) is 0 Å². The molecule has 2 aromatic rings. The first kappa shape index (κ1) is 15.5. The van der Waals surface area contributed by atoms with E-state index in [0.717, 1.165) is 5.39 Å². The van der Waals surface area contributed by atoms with Gasteiger partial charge in [-0.05, 0) is 30.2 Å². The minimum absolute atomic E-state index is 0.275. The largest absolute Gasteiger partial charge is 0.496 e. The maximum absolute atomic E-state index is 12.8. The first-order chi connectivity index (χ1) is 10.9. The van der Waals surface area contributed by atoms with Crippen LogP contribution in [0.2, 0.25) is 0 Å². The summed E-state index contributed by atoms with van der Waals surface area (Å²) in [6, 6.07) is 8.91. The van der Waals surface area contributed by atoms with Gasteiger partial charge in [-0.25, -0.2) is 0 Å². The van der Waals surface area contributed by atoms with Crippen molar-refractivity contribution in [1.29, 1.82) is 0 Å². The summed E-state index contributed by atoms with van der Waals surface area (Å²) in [4.78, 5) is 27.0. The highest BCUT2D eigenvalue weighted by atomic mass is 16.5. The zero-order chi connectivity index (χ0) is 16.8. The van der Waals surface area contributed by atoms with Crippen molar-refractivity contribution in [2.45, 2.75) is 13.8 Å². The maximum atomic E-state index is 12.8. The molecule has 2 N–H and O–H groups in total. The highest BCUT2D eigenvalue weighted by Gasteiger charge is 2.36. The Labute approximate surface area is 135 Å². The summed E-state index contributed by atoms with van der Waals surface area (Å²) < 4.78 is 5.35. The number of hydrogen-bond acceptors (Lipinski definition) is 4. The SMILES string of the molecule is COc1ccc2c3c(cccc13)C(=O)N(CC(C)(C)CN)C2=O. The molecule has 0 saturated carbocycles. The van der Waals surface area contributed by atoms with Crippen LogP contribution in [-0.2, 0) is 0 Å². The van der Waals surface area contributed by atoms with Crippen molar-refractivity contribution in [3.8, 4) is 5.75 Å². The fourth-order valence-corrected chi connectivity index (χ4v) is 2.93. The van der Waals surface area contributed by atoms with Gasteiger partial charge < -0.3 is 10.5 Å². The molecule has 0 aromatic heterocycles. The lowest BCUT2D eigenvalue weighted by molar-refractivity contribution is 0.0550. The van der Waals surface area contributed by atoms with Gasteiger partial charge in [0.1, 0.15) is 5.75 Å². The molecular weight excluding hydrogens is 292 g/mol. The molecule has 0 bridgehead atoms. The van der Waals surface area contributed by atoms with E-state index in [0.29, 0.717) is 35.4 Å². The summed E-state index contributed by atoms with van der Waals surface area (Å²) >= 11 is 0. The van der Waals surface area contributed by atoms with Crippen molar-refractivity contribution >= 4 is 22.6 Å². The number of amides is 2. The van der Waals surface area contributed by atoms with Gasteiger partial charge in [-0.3, -0.25) is 14.5 Å². The Kier molecular flexibility index (Phi) is 3.60. The van der Waals surface area contributed by atoms with Crippen molar-refractivity contribution < 1.29 is 14.3 Å². The quantitative estimate of drug-likeness (QED) is 0.880. The molecule has 3 rings (SSSR count). The lowest BCUT2D eigenvalue weighted by Crippen LogP contribution is -2.47. The Morgan fingerprint density at radius 3 is 2.35 bits per heavy atom. The van der Waals surface area contributed by atoms with Gasteiger partial charge >= 0.3 is 0 Å². The van der Waals surface area contributed by atoms with Crippen LogP contribution in [0.3, 0.4) is 0 Å². The van der Waals surface area contributed by atoms with E-state index in [1.807, 2.05) is 26.0 Å². The number of hydrogen-bond donors (Lipinski definition) is 1. The third kappa shape index (κ3) is 2.37. The summed E-state index contributed by atoms with van der Waals surface area (Å²) in [5.74, 6) is 0.104. The van der Waals surface area contributed by atoms with E-state index in [1.54, 1.807) is 25.3 Å². The van der Waals surface area contributed by atoms with E-state index < -0.39 is 0 Å². The summed E-state index contributed by atoms with van der Waals surface area (Å²) in [6.07, 6.45) is 0. The molecule has 1 aliphatic heterocycles. The topological polar surface area (TPSA) is 72.6 Å². The molecule has 0 aliphatic carbocycles. The van der Waals surface area contributed by atoms with Crippen molar-refractivity contribution in [3.05, 3.63) is 41.5 Å². The second kappa shape index (κ2) is 5.35. The molecule has 2 aromatic carbocycles. The standard InChI is InChI=1S/C18H20N2O3/c1-18(2,9-19)10-20-16(21)12-6-4-5-11-14(23-3)8-7-13(15(11)12)17(20)22/h4-8H,9-10,19H2,1-3H3. The van der Waals surface area contributed by atoms with Crippen molar-refractivity contribution in [2.24, 2.45) is 11.1 Å². The highest BCUT2D eigenvalue weighted by Crippen LogP contribution is 2.36. The fourth-order valence-electron chi connectivity index (χ4n) is 2.93. The van der Waals surface area contributed by atoms with Gasteiger partial charge in [-0.2, -0.15) is 0 Å². The van der Waals surface area contributed by atoms with Gasteiger partial charge in [0.2, 0.25) is 0 Å². The van der Waals surface area contributed by atoms with E-state index in [2.05, 4.69) is 0 Å². The van der Waals surface area contributed by atoms with Crippen LogP contribution in [0.4, 0.5) is 0 Å². The average Bonchev–Trinajstić information content (AvgIpc) is 2.56. The molecule has 5 heteroatoms. The summed E-state index contributed by atoms with van der Waals surface area (Å²) in [7, 11) is 1.58. The zero-order valence-corrected chi connectivity index (χ0v) is 13.6. The third-order valence-electron chi connectivity index (χ3n) is 4.31. The number of nitrogens with two attached hydrogens (primary N) is 1. The molecule has 1 aliphatic rings. The molecule has 0 unspecified atom stereocenters. The van der Waals surface area contributed by atoms with Gasteiger partial charge in [-0.15, -0.1) is 0 Å². The Morgan fingerprint density at radius 1 is 1.09 bits per heavy atom. The molecule has 0 radical (unpaired) electrons. The maximum Gasteiger partial charge on any atom is 0.261 e. The van der Waals surface area contributed by atoms with Crippen LogP contribution in [0, 0.1) is 5.41 Å². The minimum Gasteiger partial charge on any atom is -0.496 e. The molecule has 23 heavy (non-hydrogen) atoms. The van der Waals surface area contributed by atoms with E-state index in [1.165, 1.54) is 4.90 Å². The lowest BCUT2D eigenvalue weighted by Gasteiger charge is -2.33. The van der Waals surface area contributed by atoms with E-state index in [9.17, 15) is 9.59 Å². The number of imide groups is 1. The predicted molar refractivity (Wildman–Crippen MR) is 88.7 cm³/mol. The van der Waals surface area contributed by atoms with Gasteiger partial charge in [0.15, 0.2) is 0 Å². The van der Waals surface area contributed by atoms with Gasteiger partial charge in [0.25, 0.3) is 11.8 Å². The fraction of sp³-hybridized carbons (Fsp3) is 0.333. The van der Waals surface area contributed by atoms with Gasteiger partial charge in [0.05, 0.1) is 7.11 Å². The molecule has 0 spiro atoms. The summed E-state index contributed by atoms with van der Waals surface area (Å²) in [6.45, 7) is 4.57. The number of nitrogens with zero attached hydrogens (tertiary/aromatic N) is 1. The molecular formula is C18H20N2O3. The average molecular weight is 312 g/mol. The molecule has 2 amide bonds. The first-order valence-electron chi connectivity index (χ1n) is 7.55. The number of ether oxygens (including phenoxy) is 1.